The smallest absolute Gasteiger partial charge is 0.310 e. The minimum Gasteiger partial charge on any atom is -0.367 e. The molecular weight excluding hydrogens is 278 g/mol. The zero-order valence-electron chi connectivity index (χ0n) is 11.9. The van der Waals surface area contributed by atoms with E-state index in [-0.39, 0.29) is 10.7 Å². The first-order chi connectivity index (χ1) is 9.54. The quantitative estimate of drug-likeness (QED) is 0.619. The Bertz CT molecular complexity index is 495. The van der Waals surface area contributed by atoms with Crippen molar-refractivity contribution in [1.82, 2.24) is 4.90 Å². The van der Waals surface area contributed by atoms with Gasteiger partial charge in [0.2, 0.25) is 0 Å². The van der Waals surface area contributed by atoms with Gasteiger partial charge in [0.25, 0.3) is 0 Å². The first kappa shape index (κ1) is 15.1. The van der Waals surface area contributed by atoms with Gasteiger partial charge in [0, 0.05) is 19.6 Å². The molecule has 5 nitrogen and oxygen atoms in total. The first-order valence-electron chi connectivity index (χ1n) is 6.92. The van der Waals surface area contributed by atoms with Gasteiger partial charge in [-0.1, -0.05) is 24.6 Å². The van der Waals surface area contributed by atoms with Gasteiger partial charge in [-0.25, -0.2) is 0 Å². The maximum absolute atomic E-state index is 11.2. The molecule has 1 aliphatic rings. The Morgan fingerprint density at radius 3 is 2.95 bits per heavy atom. The van der Waals surface area contributed by atoms with Crippen LogP contribution in [0.5, 0.6) is 0 Å². The summed E-state index contributed by atoms with van der Waals surface area (Å²) in [6, 6.07) is 5.54. The number of halogens is 1. The number of hydrogen-bond acceptors (Lipinski definition) is 4. The van der Waals surface area contributed by atoms with Gasteiger partial charge in [-0.3, -0.25) is 15.0 Å². The van der Waals surface area contributed by atoms with Crippen LogP contribution in [0.4, 0.5) is 11.4 Å². The molecule has 0 amide bonds. The third kappa shape index (κ3) is 3.04. The molecule has 20 heavy (non-hydrogen) atoms. The number of likely N-dealkylation sites (N-methyl/N-ethyl adjacent to an activating group) is 2. The summed E-state index contributed by atoms with van der Waals surface area (Å²) in [5.41, 5.74) is 0.586. The number of likely N-dealkylation sites (tertiary alicyclic amines) is 1. The van der Waals surface area contributed by atoms with E-state index in [1.54, 1.807) is 18.2 Å². The van der Waals surface area contributed by atoms with Gasteiger partial charge in [-0.05, 0) is 38.1 Å². The molecule has 1 heterocycles. The predicted molar refractivity (Wildman–Crippen MR) is 81.6 cm³/mol. The summed E-state index contributed by atoms with van der Waals surface area (Å²) in [6.07, 6.45) is 2.34. The lowest BCUT2D eigenvalue weighted by Crippen LogP contribution is -2.38. The normalized spacial score (nSPS) is 19.2. The van der Waals surface area contributed by atoms with Crippen molar-refractivity contribution in [2.75, 3.05) is 31.6 Å². The summed E-state index contributed by atoms with van der Waals surface area (Å²) in [6.45, 7) is 5.08. The van der Waals surface area contributed by atoms with Gasteiger partial charge in [-0.2, -0.15) is 0 Å². The van der Waals surface area contributed by atoms with Crippen LogP contribution in [0.25, 0.3) is 0 Å². The first-order valence-corrected chi connectivity index (χ1v) is 7.30. The third-order valence-electron chi connectivity index (χ3n) is 3.95. The van der Waals surface area contributed by atoms with Crippen LogP contribution in [-0.2, 0) is 0 Å². The van der Waals surface area contributed by atoms with Gasteiger partial charge >= 0.3 is 5.69 Å². The SMILES string of the molecule is CCN1CCCC1CN(C)c1cccc(Cl)c1[N+](=O)[O-]. The van der Waals surface area contributed by atoms with E-state index in [0.717, 1.165) is 26.1 Å². The van der Waals surface area contributed by atoms with Crippen LogP contribution >= 0.6 is 11.6 Å². The summed E-state index contributed by atoms with van der Waals surface area (Å²) < 4.78 is 0. The molecule has 2 rings (SSSR count). The molecule has 0 saturated carbocycles. The predicted octanol–water partition coefficient (Wildman–Crippen LogP) is 3.17. The third-order valence-corrected chi connectivity index (χ3v) is 4.25. The Hall–Kier alpha value is -1.33. The standard InChI is InChI=1S/C14H20ClN3O2/c1-3-17-9-5-6-11(17)10-16(2)13-8-4-7-12(15)14(13)18(19)20/h4,7-8,11H,3,5-6,9-10H2,1-2H3. The molecule has 1 aromatic rings. The van der Waals surface area contributed by atoms with E-state index < -0.39 is 4.92 Å². The summed E-state index contributed by atoms with van der Waals surface area (Å²) in [5, 5.41) is 11.4. The van der Waals surface area contributed by atoms with Crippen LogP contribution in [0.1, 0.15) is 19.8 Å². The second-order valence-corrected chi connectivity index (χ2v) is 5.58. The van der Waals surface area contributed by atoms with E-state index in [0.29, 0.717) is 11.7 Å². The summed E-state index contributed by atoms with van der Waals surface area (Å²) in [5.74, 6) is 0. The van der Waals surface area contributed by atoms with Crippen molar-refractivity contribution in [3.8, 4) is 0 Å². The second-order valence-electron chi connectivity index (χ2n) is 5.17. The second kappa shape index (κ2) is 6.41. The fourth-order valence-electron chi connectivity index (χ4n) is 2.93. The highest BCUT2D eigenvalue weighted by atomic mass is 35.5. The molecule has 0 spiro atoms. The highest BCUT2D eigenvalue weighted by Crippen LogP contribution is 2.35. The molecule has 110 valence electrons. The van der Waals surface area contributed by atoms with Crippen molar-refractivity contribution in [2.45, 2.75) is 25.8 Å². The number of nitrogens with zero attached hydrogens (tertiary/aromatic N) is 3. The Morgan fingerprint density at radius 2 is 2.30 bits per heavy atom. The number of rotatable bonds is 5. The Balaban J connectivity index is 2.19. The summed E-state index contributed by atoms with van der Waals surface area (Å²) in [7, 11) is 1.89. The van der Waals surface area contributed by atoms with Gasteiger partial charge in [-0.15, -0.1) is 0 Å². The Morgan fingerprint density at radius 1 is 1.55 bits per heavy atom. The van der Waals surface area contributed by atoms with E-state index in [1.165, 1.54) is 6.42 Å². The van der Waals surface area contributed by atoms with Crippen LogP contribution in [0.2, 0.25) is 5.02 Å². The molecule has 1 fully saturated rings. The minimum absolute atomic E-state index is 0.00212. The number of nitro benzene ring substituents is 1. The van der Waals surface area contributed by atoms with E-state index in [4.69, 9.17) is 11.6 Å². The van der Waals surface area contributed by atoms with Gasteiger partial charge in [0.05, 0.1) is 4.92 Å². The topological polar surface area (TPSA) is 49.6 Å². The largest absolute Gasteiger partial charge is 0.367 e. The van der Waals surface area contributed by atoms with Crippen LogP contribution < -0.4 is 4.90 Å². The molecule has 0 N–H and O–H groups in total. The van der Waals surface area contributed by atoms with Crippen LogP contribution in [0, 0.1) is 10.1 Å². The fraction of sp³-hybridized carbons (Fsp3) is 0.571. The lowest BCUT2D eigenvalue weighted by molar-refractivity contribution is -0.384. The number of para-hydroxylation sites is 1. The molecule has 0 radical (unpaired) electrons. The highest BCUT2D eigenvalue weighted by molar-refractivity contribution is 6.33. The van der Waals surface area contributed by atoms with E-state index in [1.807, 2.05) is 11.9 Å². The zero-order chi connectivity index (χ0) is 14.7. The van der Waals surface area contributed by atoms with Crippen molar-refractivity contribution < 1.29 is 4.92 Å². The number of benzene rings is 1. The number of anilines is 1. The van der Waals surface area contributed by atoms with Gasteiger partial charge < -0.3 is 4.90 Å². The van der Waals surface area contributed by atoms with E-state index >= 15 is 0 Å². The monoisotopic (exact) mass is 297 g/mol. The van der Waals surface area contributed by atoms with Crippen LogP contribution in [0.3, 0.4) is 0 Å². The fourth-order valence-corrected chi connectivity index (χ4v) is 3.16. The lowest BCUT2D eigenvalue weighted by atomic mass is 10.2. The van der Waals surface area contributed by atoms with Crippen molar-refractivity contribution in [3.63, 3.8) is 0 Å². The lowest BCUT2D eigenvalue weighted by Gasteiger charge is -2.28. The maximum atomic E-state index is 11.2. The van der Waals surface area contributed by atoms with Crippen molar-refractivity contribution in [3.05, 3.63) is 33.3 Å². The molecule has 6 heteroatoms. The molecule has 1 unspecified atom stereocenters. The Kier molecular flexibility index (Phi) is 4.83. The van der Waals surface area contributed by atoms with Crippen LogP contribution in [-0.4, -0.2) is 42.5 Å². The average Bonchev–Trinajstić information content (AvgIpc) is 2.85. The zero-order valence-corrected chi connectivity index (χ0v) is 12.6. The molecule has 1 atom stereocenters. The minimum atomic E-state index is -0.402. The molecular formula is C14H20ClN3O2. The molecule has 1 aliphatic heterocycles. The maximum Gasteiger partial charge on any atom is 0.310 e. The molecule has 1 saturated heterocycles. The highest BCUT2D eigenvalue weighted by Gasteiger charge is 2.27. The van der Waals surface area contributed by atoms with Gasteiger partial charge in [0.1, 0.15) is 10.7 Å². The summed E-state index contributed by atoms with van der Waals surface area (Å²) in [4.78, 5) is 15.2. The van der Waals surface area contributed by atoms with Crippen molar-refractivity contribution >= 4 is 23.0 Å². The Labute approximate surface area is 124 Å². The number of hydrogen-bond donors (Lipinski definition) is 0. The van der Waals surface area contributed by atoms with Crippen molar-refractivity contribution in [2.24, 2.45) is 0 Å². The van der Waals surface area contributed by atoms with Crippen molar-refractivity contribution in [1.29, 1.82) is 0 Å². The van der Waals surface area contributed by atoms with Crippen LogP contribution in [0.15, 0.2) is 18.2 Å². The number of nitro groups is 1. The molecule has 1 aromatic carbocycles. The molecule has 0 aromatic heterocycles. The molecule has 0 aliphatic carbocycles. The summed E-state index contributed by atoms with van der Waals surface area (Å²) >= 11 is 5.96. The van der Waals surface area contributed by atoms with E-state index in [9.17, 15) is 10.1 Å². The van der Waals surface area contributed by atoms with E-state index in [2.05, 4.69) is 11.8 Å². The average molecular weight is 298 g/mol. The molecule has 0 bridgehead atoms. The van der Waals surface area contributed by atoms with Gasteiger partial charge in [0.15, 0.2) is 0 Å².